The van der Waals surface area contributed by atoms with Gasteiger partial charge in [0.25, 0.3) is 0 Å². The van der Waals surface area contributed by atoms with E-state index in [4.69, 9.17) is 14.2 Å². The van der Waals surface area contributed by atoms with Crippen molar-refractivity contribution in [1.82, 2.24) is 10.6 Å². The number of hydrogen-bond donors (Lipinski definition) is 2. The lowest BCUT2D eigenvalue weighted by Gasteiger charge is -2.29. The molecule has 8 nitrogen and oxygen atoms in total. The van der Waals surface area contributed by atoms with Crippen molar-refractivity contribution >= 4 is 18.0 Å². The SMILES string of the molecule is CCOC(=O)C1=C(COC(=O)c2ccc(OC)cc2F)NC(=O)N[C@H]1c1ccccc1. The smallest absolute Gasteiger partial charge is 0.341 e. The molecule has 0 radical (unpaired) electrons. The molecule has 0 aliphatic carbocycles. The van der Waals surface area contributed by atoms with Crippen LogP contribution in [-0.4, -0.2) is 38.3 Å². The third-order valence-electron chi connectivity index (χ3n) is 4.53. The number of carbonyl (C=O) groups is 3. The molecular weight excluding hydrogens is 407 g/mol. The number of nitrogens with one attached hydrogen (secondary N) is 2. The minimum absolute atomic E-state index is 0.0540. The van der Waals surface area contributed by atoms with Gasteiger partial charge in [0.2, 0.25) is 0 Å². The zero-order valence-corrected chi connectivity index (χ0v) is 16.9. The maximum Gasteiger partial charge on any atom is 0.341 e. The number of benzene rings is 2. The first-order valence-corrected chi connectivity index (χ1v) is 9.47. The van der Waals surface area contributed by atoms with Crippen LogP contribution >= 0.6 is 0 Å². The van der Waals surface area contributed by atoms with Gasteiger partial charge in [-0.3, -0.25) is 0 Å². The molecule has 1 heterocycles. The Balaban J connectivity index is 1.90. The fourth-order valence-electron chi connectivity index (χ4n) is 3.08. The summed E-state index contributed by atoms with van der Waals surface area (Å²) in [6.07, 6.45) is 0. The van der Waals surface area contributed by atoms with Gasteiger partial charge in [0.1, 0.15) is 18.2 Å². The summed E-state index contributed by atoms with van der Waals surface area (Å²) in [6, 6.07) is 11.1. The lowest BCUT2D eigenvalue weighted by Crippen LogP contribution is -2.47. The second-order valence-corrected chi connectivity index (χ2v) is 6.48. The first-order chi connectivity index (χ1) is 14.9. The Hall–Kier alpha value is -3.88. The van der Waals surface area contributed by atoms with Crippen LogP contribution in [0.15, 0.2) is 59.8 Å². The van der Waals surface area contributed by atoms with Crippen molar-refractivity contribution in [3.63, 3.8) is 0 Å². The van der Waals surface area contributed by atoms with Crippen LogP contribution in [0.2, 0.25) is 0 Å². The van der Waals surface area contributed by atoms with E-state index in [0.29, 0.717) is 5.56 Å². The molecular formula is C22H21FN2O6. The summed E-state index contributed by atoms with van der Waals surface area (Å²) in [6.45, 7) is 1.30. The van der Waals surface area contributed by atoms with Gasteiger partial charge in [0.05, 0.1) is 36.6 Å². The van der Waals surface area contributed by atoms with Crippen LogP contribution < -0.4 is 15.4 Å². The van der Waals surface area contributed by atoms with E-state index in [9.17, 15) is 18.8 Å². The summed E-state index contributed by atoms with van der Waals surface area (Å²) in [7, 11) is 1.37. The van der Waals surface area contributed by atoms with Crippen molar-refractivity contribution in [2.75, 3.05) is 20.3 Å². The third-order valence-corrected chi connectivity index (χ3v) is 4.53. The van der Waals surface area contributed by atoms with E-state index in [0.717, 1.165) is 6.07 Å². The largest absolute Gasteiger partial charge is 0.497 e. The molecule has 0 unspecified atom stereocenters. The summed E-state index contributed by atoms with van der Waals surface area (Å²) in [4.78, 5) is 37.2. The lowest BCUT2D eigenvalue weighted by atomic mass is 9.95. The van der Waals surface area contributed by atoms with Crippen molar-refractivity contribution in [2.45, 2.75) is 13.0 Å². The molecule has 2 aromatic carbocycles. The van der Waals surface area contributed by atoms with E-state index in [2.05, 4.69) is 10.6 Å². The Kier molecular flexibility index (Phi) is 6.86. The minimum atomic E-state index is -0.958. The fraction of sp³-hybridized carbons (Fsp3) is 0.227. The van der Waals surface area contributed by atoms with Crippen molar-refractivity contribution in [1.29, 1.82) is 0 Å². The summed E-state index contributed by atoms with van der Waals surface area (Å²) in [5, 5.41) is 5.15. The molecule has 3 rings (SSSR count). The number of esters is 2. The topological polar surface area (TPSA) is 103 Å². The molecule has 31 heavy (non-hydrogen) atoms. The molecule has 0 saturated heterocycles. The number of ether oxygens (including phenoxy) is 3. The van der Waals surface area contributed by atoms with Gasteiger partial charge in [0.15, 0.2) is 0 Å². The predicted molar refractivity (Wildman–Crippen MR) is 108 cm³/mol. The molecule has 2 amide bonds. The summed E-state index contributed by atoms with van der Waals surface area (Å²) in [5.41, 5.74) is 0.485. The van der Waals surface area contributed by atoms with Crippen LogP contribution in [0.3, 0.4) is 0 Å². The number of hydrogen-bond acceptors (Lipinski definition) is 6. The molecule has 1 aliphatic rings. The Labute approximate surface area is 178 Å². The number of amides is 2. The van der Waals surface area contributed by atoms with E-state index in [1.807, 2.05) is 0 Å². The Morgan fingerprint density at radius 1 is 1.06 bits per heavy atom. The van der Waals surface area contributed by atoms with E-state index in [-0.39, 0.29) is 29.2 Å². The van der Waals surface area contributed by atoms with Gasteiger partial charge < -0.3 is 24.8 Å². The summed E-state index contributed by atoms with van der Waals surface area (Å²) in [5.74, 6) is -2.21. The van der Waals surface area contributed by atoms with E-state index in [1.54, 1.807) is 37.3 Å². The Morgan fingerprint density at radius 3 is 2.45 bits per heavy atom. The number of halogens is 1. The average molecular weight is 428 g/mol. The minimum Gasteiger partial charge on any atom is -0.497 e. The van der Waals surface area contributed by atoms with Gasteiger partial charge in [-0.2, -0.15) is 0 Å². The van der Waals surface area contributed by atoms with Crippen LogP contribution in [0.4, 0.5) is 9.18 Å². The molecule has 0 fully saturated rings. The van der Waals surface area contributed by atoms with Gasteiger partial charge in [-0.05, 0) is 24.6 Å². The summed E-state index contributed by atoms with van der Waals surface area (Å²) >= 11 is 0. The zero-order chi connectivity index (χ0) is 22.4. The van der Waals surface area contributed by atoms with Gasteiger partial charge in [-0.25, -0.2) is 18.8 Å². The molecule has 0 saturated carbocycles. The maximum absolute atomic E-state index is 14.2. The first-order valence-electron chi connectivity index (χ1n) is 9.47. The predicted octanol–water partition coefficient (Wildman–Crippen LogP) is 2.86. The Morgan fingerprint density at radius 2 is 1.81 bits per heavy atom. The van der Waals surface area contributed by atoms with Crippen molar-refractivity contribution in [3.05, 3.63) is 76.7 Å². The standard InChI is InChI=1S/C22H21FN2O6/c1-3-30-21(27)18-17(24-22(28)25-19(18)13-7-5-4-6-8-13)12-31-20(26)15-10-9-14(29-2)11-16(15)23/h4-11,19H,3,12H2,1-2H3,(H2,24,25,28)/t19-/m0/s1. The zero-order valence-electron chi connectivity index (χ0n) is 16.9. The van der Waals surface area contributed by atoms with Crippen LogP contribution in [0.25, 0.3) is 0 Å². The van der Waals surface area contributed by atoms with E-state index in [1.165, 1.54) is 19.2 Å². The molecule has 1 aliphatic heterocycles. The fourth-order valence-corrected chi connectivity index (χ4v) is 3.08. The normalized spacial score (nSPS) is 15.6. The number of methoxy groups -OCH3 is 1. The molecule has 162 valence electrons. The molecule has 0 bridgehead atoms. The number of rotatable bonds is 7. The Bertz CT molecular complexity index is 1020. The van der Waals surface area contributed by atoms with Gasteiger partial charge in [-0.1, -0.05) is 30.3 Å². The number of urea groups is 1. The monoisotopic (exact) mass is 428 g/mol. The highest BCUT2D eigenvalue weighted by molar-refractivity contribution is 5.95. The molecule has 2 N–H and O–H groups in total. The van der Waals surface area contributed by atoms with Gasteiger partial charge in [0, 0.05) is 6.07 Å². The number of carbonyl (C=O) groups excluding carboxylic acids is 3. The molecule has 1 atom stereocenters. The quantitative estimate of drug-likeness (QED) is 0.658. The third kappa shape index (κ3) is 5.00. The van der Waals surface area contributed by atoms with Crippen LogP contribution in [-0.2, 0) is 14.3 Å². The average Bonchev–Trinajstić information content (AvgIpc) is 2.77. The van der Waals surface area contributed by atoms with Gasteiger partial charge in [-0.15, -0.1) is 0 Å². The van der Waals surface area contributed by atoms with Crippen LogP contribution in [0, 0.1) is 5.82 Å². The second-order valence-electron chi connectivity index (χ2n) is 6.48. The van der Waals surface area contributed by atoms with Crippen LogP contribution in [0.5, 0.6) is 5.75 Å². The van der Waals surface area contributed by atoms with Crippen molar-refractivity contribution in [2.24, 2.45) is 0 Å². The van der Waals surface area contributed by atoms with Gasteiger partial charge >= 0.3 is 18.0 Å². The van der Waals surface area contributed by atoms with Crippen LogP contribution in [0.1, 0.15) is 28.9 Å². The van der Waals surface area contributed by atoms with Crippen molar-refractivity contribution < 1.29 is 33.0 Å². The lowest BCUT2D eigenvalue weighted by molar-refractivity contribution is -0.139. The molecule has 2 aromatic rings. The molecule has 0 spiro atoms. The first kappa shape index (κ1) is 21.8. The molecule has 9 heteroatoms. The highest BCUT2D eigenvalue weighted by Crippen LogP contribution is 2.28. The van der Waals surface area contributed by atoms with Crippen molar-refractivity contribution in [3.8, 4) is 5.75 Å². The highest BCUT2D eigenvalue weighted by atomic mass is 19.1. The van der Waals surface area contributed by atoms with E-state index >= 15 is 0 Å². The highest BCUT2D eigenvalue weighted by Gasteiger charge is 2.34. The molecule has 0 aromatic heterocycles. The summed E-state index contributed by atoms with van der Waals surface area (Å²) < 4.78 is 29.4. The second kappa shape index (κ2) is 9.75. The maximum atomic E-state index is 14.2. The van der Waals surface area contributed by atoms with E-state index < -0.39 is 36.4 Å².